The highest BCUT2D eigenvalue weighted by Gasteiger charge is 2.14. The zero-order valence-corrected chi connectivity index (χ0v) is 12.3. The summed E-state index contributed by atoms with van der Waals surface area (Å²) in [4.78, 5) is 0. The average molecular weight is 328 g/mol. The molecule has 1 unspecified atom stereocenters. The summed E-state index contributed by atoms with van der Waals surface area (Å²) in [7, 11) is 0. The van der Waals surface area contributed by atoms with E-state index >= 15 is 0 Å². The second-order valence-corrected chi connectivity index (χ2v) is 5.71. The predicted octanol–water partition coefficient (Wildman–Crippen LogP) is 5.42. The number of hydrogen-bond donors (Lipinski definition) is 0. The molecule has 2 aromatic rings. The molecule has 2 aromatic carbocycles. The third kappa shape index (κ3) is 3.12. The topological polar surface area (TPSA) is 0 Å². The largest absolute Gasteiger partial charge is 0.207 e. The molecule has 0 saturated carbocycles. The fraction of sp³-hybridized carbons (Fsp3) is 0.200. The normalized spacial score (nSPS) is 12.4. The maximum atomic E-state index is 13.8. The molecular weight excluding hydrogens is 315 g/mol. The third-order valence-electron chi connectivity index (χ3n) is 2.96. The molecule has 2 rings (SSSR count). The number of benzene rings is 2. The van der Waals surface area contributed by atoms with Gasteiger partial charge in [0.15, 0.2) is 0 Å². The van der Waals surface area contributed by atoms with E-state index in [0.717, 1.165) is 10.0 Å². The molecule has 3 heteroatoms. The summed E-state index contributed by atoms with van der Waals surface area (Å²) in [6.07, 6.45) is 0.632. The van der Waals surface area contributed by atoms with Crippen molar-refractivity contribution in [3.8, 4) is 0 Å². The smallest absolute Gasteiger partial charge is 0.129 e. The zero-order valence-electron chi connectivity index (χ0n) is 9.96. The van der Waals surface area contributed by atoms with E-state index in [1.54, 1.807) is 6.07 Å². The van der Waals surface area contributed by atoms with Gasteiger partial charge in [0.1, 0.15) is 5.82 Å². The summed E-state index contributed by atoms with van der Waals surface area (Å²) in [5.74, 6) is -0.266. The molecule has 0 heterocycles. The van der Waals surface area contributed by atoms with Crippen LogP contribution in [0.25, 0.3) is 0 Å². The van der Waals surface area contributed by atoms with Crippen LogP contribution in [0.5, 0.6) is 0 Å². The van der Waals surface area contributed by atoms with Crippen LogP contribution in [0.2, 0.25) is 0 Å². The summed E-state index contributed by atoms with van der Waals surface area (Å²) >= 11 is 9.56. The Kier molecular flexibility index (Phi) is 4.41. The Labute approximate surface area is 120 Å². The average Bonchev–Trinajstić information content (AvgIpc) is 2.32. The number of rotatable bonds is 3. The van der Waals surface area contributed by atoms with Crippen LogP contribution in [0.1, 0.15) is 22.1 Å². The maximum Gasteiger partial charge on any atom is 0.129 e. The fourth-order valence-corrected chi connectivity index (χ4v) is 2.57. The standard InChI is InChI=1S/C15H13BrClF/c1-10-4-2-3-5-11(10)8-14(17)13-7-6-12(16)9-15(13)18/h2-7,9,14H,8H2,1H3. The Bertz CT molecular complexity index is 554. The molecule has 0 nitrogen and oxygen atoms in total. The van der Waals surface area contributed by atoms with Crippen molar-refractivity contribution in [3.63, 3.8) is 0 Å². The lowest BCUT2D eigenvalue weighted by atomic mass is 10.00. The van der Waals surface area contributed by atoms with E-state index < -0.39 is 0 Å². The van der Waals surface area contributed by atoms with Crippen molar-refractivity contribution in [2.75, 3.05) is 0 Å². The van der Waals surface area contributed by atoms with Crippen molar-refractivity contribution in [2.45, 2.75) is 18.7 Å². The zero-order chi connectivity index (χ0) is 13.1. The first-order valence-electron chi connectivity index (χ1n) is 5.71. The molecule has 0 radical (unpaired) electrons. The minimum Gasteiger partial charge on any atom is -0.207 e. The number of alkyl halides is 1. The van der Waals surface area contributed by atoms with Crippen LogP contribution in [0, 0.1) is 12.7 Å². The molecule has 18 heavy (non-hydrogen) atoms. The Morgan fingerprint density at radius 2 is 1.94 bits per heavy atom. The number of aryl methyl sites for hydroxylation is 1. The van der Waals surface area contributed by atoms with E-state index in [0.29, 0.717) is 12.0 Å². The molecule has 0 spiro atoms. The van der Waals surface area contributed by atoms with Crippen LogP contribution < -0.4 is 0 Å². The van der Waals surface area contributed by atoms with Crippen LogP contribution >= 0.6 is 27.5 Å². The SMILES string of the molecule is Cc1ccccc1CC(Cl)c1ccc(Br)cc1F. The molecule has 0 amide bonds. The van der Waals surface area contributed by atoms with Crippen LogP contribution in [0.4, 0.5) is 4.39 Å². The lowest BCUT2D eigenvalue weighted by Crippen LogP contribution is -2.00. The second kappa shape index (κ2) is 5.85. The summed E-state index contributed by atoms with van der Waals surface area (Å²) in [6, 6.07) is 13.0. The number of hydrogen-bond acceptors (Lipinski definition) is 0. The van der Waals surface area contributed by atoms with Gasteiger partial charge in [-0.15, -0.1) is 11.6 Å². The minimum atomic E-state index is -0.348. The highest BCUT2D eigenvalue weighted by atomic mass is 79.9. The third-order valence-corrected chi connectivity index (χ3v) is 3.84. The predicted molar refractivity (Wildman–Crippen MR) is 77.6 cm³/mol. The molecule has 0 aliphatic carbocycles. The van der Waals surface area contributed by atoms with Gasteiger partial charge in [-0.1, -0.05) is 46.3 Å². The van der Waals surface area contributed by atoms with Crippen LogP contribution in [-0.2, 0) is 6.42 Å². The minimum absolute atomic E-state index is 0.266. The first-order valence-corrected chi connectivity index (χ1v) is 6.94. The lowest BCUT2D eigenvalue weighted by Gasteiger charge is -2.13. The first-order chi connectivity index (χ1) is 8.58. The monoisotopic (exact) mass is 326 g/mol. The first kappa shape index (κ1) is 13.6. The van der Waals surface area contributed by atoms with Crippen LogP contribution in [0.3, 0.4) is 0 Å². The molecule has 0 aliphatic rings. The van der Waals surface area contributed by atoms with Gasteiger partial charge in [-0.05, 0) is 36.6 Å². The van der Waals surface area contributed by atoms with Crippen molar-refractivity contribution >= 4 is 27.5 Å². The molecule has 0 aromatic heterocycles. The van der Waals surface area contributed by atoms with E-state index in [2.05, 4.69) is 15.9 Å². The van der Waals surface area contributed by atoms with Gasteiger partial charge in [0.05, 0.1) is 5.38 Å². The van der Waals surface area contributed by atoms with Gasteiger partial charge >= 0.3 is 0 Å². The van der Waals surface area contributed by atoms with Crippen molar-refractivity contribution in [1.82, 2.24) is 0 Å². The lowest BCUT2D eigenvalue weighted by molar-refractivity contribution is 0.605. The molecule has 94 valence electrons. The van der Waals surface area contributed by atoms with E-state index in [1.807, 2.05) is 37.3 Å². The van der Waals surface area contributed by atoms with E-state index in [9.17, 15) is 4.39 Å². The van der Waals surface area contributed by atoms with Gasteiger partial charge in [0, 0.05) is 10.0 Å². The van der Waals surface area contributed by atoms with Crippen molar-refractivity contribution in [2.24, 2.45) is 0 Å². The van der Waals surface area contributed by atoms with Crippen LogP contribution in [-0.4, -0.2) is 0 Å². The van der Waals surface area contributed by atoms with E-state index in [4.69, 9.17) is 11.6 Å². The molecule has 0 saturated heterocycles. The Morgan fingerprint density at radius 1 is 1.22 bits per heavy atom. The van der Waals surface area contributed by atoms with E-state index in [-0.39, 0.29) is 11.2 Å². The maximum absolute atomic E-state index is 13.8. The van der Waals surface area contributed by atoms with Gasteiger partial charge in [-0.25, -0.2) is 4.39 Å². The van der Waals surface area contributed by atoms with Gasteiger partial charge < -0.3 is 0 Å². The summed E-state index contributed by atoms with van der Waals surface area (Å²) in [5.41, 5.74) is 2.88. The van der Waals surface area contributed by atoms with Gasteiger partial charge in [0.25, 0.3) is 0 Å². The highest BCUT2D eigenvalue weighted by molar-refractivity contribution is 9.10. The van der Waals surface area contributed by atoms with Crippen molar-refractivity contribution < 1.29 is 4.39 Å². The Balaban J connectivity index is 2.22. The van der Waals surface area contributed by atoms with E-state index in [1.165, 1.54) is 11.6 Å². The summed E-state index contributed by atoms with van der Waals surface area (Å²) in [5, 5.41) is -0.348. The van der Waals surface area contributed by atoms with Gasteiger partial charge in [0.2, 0.25) is 0 Å². The molecule has 0 bridgehead atoms. The second-order valence-electron chi connectivity index (χ2n) is 4.26. The van der Waals surface area contributed by atoms with Gasteiger partial charge in [-0.2, -0.15) is 0 Å². The van der Waals surface area contributed by atoms with Crippen LogP contribution in [0.15, 0.2) is 46.9 Å². The molecule has 0 fully saturated rings. The number of halogens is 3. The van der Waals surface area contributed by atoms with Crippen molar-refractivity contribution in [3.05, 3.63) is 69.4 Å². The summed E-state index contributed by atoms with van der Waals surface area (Å²) < 4.78 is 14.5. The quantitative estimate of drug-likeness (QED) is 0.660. The van der Waals surface area contributed by atoms with Crippen molar-refractivity contribution in [1.29, 1.82) is 0 Å². The fourth-order valence-electron chi connectivity index (χ4n) is 1.90. The molecular formula is C15H13BrClF. The summed E-state index contributed by atoms with van der Waals surface area (Å²) in [6.45, 7) is 2.04. The molecule has 0 N–H and O–H groups in total. The highest BCUT2D eigenvalue weighted by Crippen LogP contribution is 2.29. The molecule has 0 aliphatic heterocycles. The molecule has 1 atom stereocenters. The Hall–Kier alpha value is -0.860. The van der Waals surface area contributed by atoms with Gasteiger partial charge in [-0.3, -0.25) is 0 Å². The Morgan fingerprint density at radius 3 is 2.61 bits per heavy atom.